The zero-order valence-corrected chi connectivity index (χ0v) is 15.1. The summed E-state index contributed by atoms with van der Waals surface area (Å²) in [6, 6.07) is 1.09. The first kappa shape index (κ1) is 17.5. The molecule has 5 unspecified atom stereocenters. The highest BCUT2D eigenvalue weighted by atomic mass is 35.5. The Hall–Kier alpha value is -0.350. The van der Waals surface area contributed by atoms with E-state index in [-0.39, 0.29) is 17.3 Å². The van der Waals surface area contributed by atoms with Crippen LogP contribution in [0, 0.1) is 5.92 Å². The Kier molecular flexibility index (Phi) is 5.52. The van der Waals surface area contributed by atoms with Crippen LogP contribution in [0.4, 0.5) is 4.39 Å². The largest absolute Gasteiger partial charge is 0.334 e. The average molecular weight is 345 g/mol. The number of hydrogen-bond acceptors (Lipinski definition) is 2. The Morgan fingerprint density at radius 2 is 1.87 bits per heavy atom. The number of hydrogen-bond donors (Lipinski definition) is 0. The van der Waals surface area contributed by atoms with E-state index in [9.17, 15) is 9.18 Å². The maximum absolute atomic E-state index is 14.0. The smallest absolute Gasteiger partial charge is 0.220 e. The minimum Gasteiger partial charge on any atom is -0.334 e. The number of alkyl halides is 2. The minimum atomic E-state index is -0.853. The van der Waals surface area contributed by atoms with E-state index in [1.807, 2.05) is 0 Å². The summed E-state index contributed by atoms with van der Waals surface area (Å²) in [5.74, 6) is 0.624. The van der Waals surface area contributed by atoms with E-state index in [0.29, 0.717) is 24.4 Å². The zero-order valence-electron chi connectivity index (χ0n) is 14.4. The lowest BCUT2D eigenvalue weighted by Crippen LogP contribution is -2.65. The molecule has 0 bridgehead atoms. The maximum atomic E-state index is 14.0. The zero-order chi connectivity index (χ0) is 16.6. The lowest BCUT2D eigenvalue weighted by molar-refractivity contribution is -0.142. The molecular weight excluding hydrogens is 315 g/mol. The fraction of sp³-hybridized carbons (Fsp3) is 0.944. The molecule has 2 saturated carbocycles. The molecular formula is C18H30ClFN2O. The van der Waals surface area contributed by atoms with E-state index in [4.69, 9.17) is 11.6 Å². The molecule has 3 aliphatic rings. The van der Waals surface area contributed by atoms with Crippen LogP contribution in [0.2, 0.25) is 0 Å². The molecule has 3 nitrogen and oxygen atoms in total. The molecule has 0 spiro atoms. The van der Waals surface area contributed by atoms with Gasteiger partial charge in [-0.25, -0.2) is 4.39 Å². The molecule has 6 atom stereocenters. The van der Waals surface area contributed by atoms with Crippen LogP contribution in [0.15, 0.2) is 0 Å². The van der Waals surface area contributed by atoms with Gasteiger partial charge in [0.1, 0.15) is 6.17 Å². The predicted octanol–water partition coefficient (Wildman–Crippen LogP) is 3.60. The molecule has 0 aromatic carbocycles. The van der Waals surface area contributed by atoms with Gasteiger partial charge in [0.05, 0.1) is 5.38 Å². The molecule has 1 saturated heterocycles. The van der Waals surface area contributed by atoms with Crippen LogP contribution >= 0.6 is 11.6 Å². The second kappa shape index (κ2) is 7.26. The van der Waals surface area contributed by atoms with Gasteiger partial charge in [0.15, 0.2) is 0 Å². The number of carbonyl (C=O) groups is 1. The van der Waals surface area contributed by atoms with Crippen LogP contribution < -0.4 is 0 Å². The normalized spacial score (nSPS) is 42.3. The topological polar surface area (TPSA) is 23.6 Å². The summed E-state index contributed by atoms with van der Waals surface area (Å²) >= 11 is 6.03. The highest BCUT2D eigenvalue weighted by molar-refractivity contribution is 6.21. The van der Waals surface area contributed by atoms with Crippen molar-refractivity contribution >= 4 is 17.5 Å². The summed E-state index contributed by atoms with van der Waals surface area (Å²) in [6.45, 7) is 5.76. The van der Waals surface area contributed by atoms with Gasteiger partial charge in [0.2, 0.25) is 5.91 Å². The molecule has 1 aliphatic heterocycles. The number of halogens is 2. The molecule has 132 valence electrons. The number of amides is 1. The van der Waals surface area contributed by atoms with Crippen molar-refractivity contribution in [2.45, 2.75) is 88.5 Å². The van der Waals surface area contributed by atoms with Crippen molar-refractivity contribution in [3.63, 3.8) is 0 Å². The molecule has 3 rings (SSSR count). The second-order valence-electron chi connectivity index (χ2n) is 7.86. The third kappa shape index (κ3) is 3.68. The van der Waals surface area contributed by atoms with Gasteiger partial charge in [0, 0.05) is 38.1 Å². The number of carbonyl (C=O) groups excluding carboxylic acids is 1. The fourth-order valence-electron chi connectivity index (χ4n) is 5.14. The maximum Gasteiger partial charge on any atom is 0.220 e. The molecule has 0 radical (unpaired) electrons. The summed E-state index contributed by atoms with van der Waals surface area (Å²) in [5.41, 5.74) is 0. The first-order valence-electron chi connectivity index (χ1n) is 9.28. The number of fused-ring (bicyclic) bond motifs is 1. The van der Waals surface area contributed by atoms with Crippen molar-refractivity contribution in [3.05, 3.63) is 0 Å². The average Bonchev–Trinajstić information content (AvgIpc) is 2.50. The highest BCUT2D eigenvalue weighted by Gasteiger charge is 2.43. The summed E-state index contributed by atoms with van der Waals surface area (Å²) in [5, 5.41) is -0.290. The van der Waals surface area contributed by atoms with E-state index in [2.05, 4.69) is 16.7 Å². The highest BCUT2D eigenvalue weighted by Crippen LogP contribution is 2.36. The molecule has 23 heavy (non-hydrogen) atoms. The first-order valence-corrected chi connectivity index (χ1v) is 9.72. The van der Waals surface area contributed by atoms with Gasteiger partial charge in [-0.15, -0.1) is 11.6 Å². The molecule has 0 N–H and O–H groups in total. The molecule has 2 aliphatic carbocycles. The standard InChI is InChI=1S/C18H30ClFN2O/c1-12-10-21(11-14-7-8-15(19)16(20)9-14)17-5-3-4-6-18(17)22(12)13(2)23/h12,14-18H,3-11H2,1-2H3/t12-,14?,15?,16?,17?,18?/m0/s1. The van der Waals surface area contributed by atoms with Crippen LogP contribution in [0.25, 0.3) is 0 Å². The van der Waals surface area contributed by atoms with Crippen molar-refractivity contribution in [1.82, 2.24) is 9.80 Å². The Balaban J connectivity index is 1.68. The summed E-state index contributed by atoms with van der Waals surface area (Å²) in [4.78, 5) is 16.8. The Labute approximate surface area is 144 Å². The second-order valence-corrected chi connectivity index (χ2v) is 8.42. The van der Waals surface area contributed by atoms with Gasteiger partial charge in [0.25, 0.3) is 0 Å². The lowest BCUT2D eigenvalue weighted by atomic mass is 9.82. The van der Waals surface area contributed by atoms with Crippen LogP contribution in [0.3, 0.4) is 0 Å². The van der Waals surface area contributed by atoms with Gasteiger partial charge < -0.3 is 4.90 Å². The van der Waals surface area contributed by atoms with Crippen molar-refractivity contribution in [2.24, 2.45) is 5.92 Å². The van der Waals surface area contributed by atoms with Gasteiger partial charge in [-0.3, -0.25) is 9.69 Å². The molecule has 3 fully saturated rings. The Bertz CT molecular complexity index is 435. The SMILES string of the molecule is CC(=O)N1C2CCCCC2N(CC2CCC(Cl)C(F)C2)C[C@@H]1C. The molecule has 1 amide bonds. The van der Waals surface area contributed by atoms with E-state index in [1.54, 1.807) is 6.92 Å². The Morgan fingerprint density at radius 1 is 1.17 bits per heavy atom. The van der Waals surface area contributed by atoms with Crippen molar-refractivity contribution in [3.8, 4) is 0 Å². The first-order chi connectivity index (χ1) is 11.0. The van der Waals surface area contributed by atoms with Crippen molar-refractivity contribution in [2.75, 3.05) is 13.1 Å². The van der Waals surface area contributed by atoms with E-state index in [1.165, 1.54) is 19.3 Å². The third-order valence-electron chi connectivity index (χ3n) is 6.15. The van der Waals surface area contributed by atoms with Crippen LogP contribution in [-0.2, 0) is 4.79 Å². The molecule has 0 aromatic heterocycles. The number of nitrogens with zero attached hydrogens (tertiary/aromatic N) is 2. The number of piperazine rings is 1. The number of rotatable bonds is 2. The van der Waals surface area contributed by atoms with E-state index < -0.39 is 6.17 Å². The summed E-state index contributed by atoms with van der Waals surface area (Å²) < 4.78 is 14.0. The van der Waals surface area contributed by atoms with Gasteiger partial charge in [-0.1, -0.05) is 12.8 Å². The predicted molar refractivity (Wildman–Crippen MR) is 91.5 cm³/mol. The Morgan fingerprint density at radius 3 is 2.52 bits per heavy atom. The lowest BCUT2D eigenvalue weighted by Gasteiger charge is -2.53. The summed E-state index contributed by atoms with van der Waals surface area (Å²) in [6.07, 6.45) is 6.34. The van der Waals surface area contributed by atoms with Gasteiger partial charge in [-0.2, -0.15) is 0 Å². The molecule has 0 aromatic rings. The fourth-order valence-corrected chi connectivity index (χ4v) is 5.37. The summed E-state index contributed by atoms with van der Waals surface area (Å²) in [7, 11) is 0. The van der Waals surface area contributed by atoms with Crippen molar-refractivity contribution < 1.29 is 9.18 Å². The molecule has 5 heteroatoms. The van der Waals surface area contributed by atoms with Crippen LogP contribution in [-0.4, -0.2) is 58.5 Å². The third-order valence-corrected chi connectivity index (χ3v) is 6.64. The minimum absolute atomic E-state index is 0.209. The quantitative estimate of drug-likeness (QED) is 0.715. The monoisotopic (exact) mass is 344 g/mol. The van der Waals surface area contributed by atoms with E-state index >= 15 is 0 Å². The van der Waals surface area contributed by atoms with Crippen LogP contribution in [0.5, 0.6) is 0 Å². The van der Waals surface area contributed by atoms with Crippen molar-refractivity contribution in [1.29, 1.82) is 0 Å². The van der Waals surface area contributed by atoms with E-state index in [0.717, 1.165) is 32.4 Å². The molecule has 1 heterocycles. The van der Waals surface area contributed by atoms with Crippen LogP contribution in [0.1, 0.15) is 58.8 Å². The van der Waals surface area contributed by atoms with Gasteiger partial charge >= 0.3 is 0 Å². The van der Waals surface area contributed by atoms with Gasteiger partial charge in [-0.05, 0) is 44.9 Å².